The van der Waals surface area contributed by atoms with Crippen molar-refractivity contribution in [3.8, 4) is 0 Å². The summed E-state index contributed by atoms with van der Waals surface area (Å²) < 4.78 is 0. The van der Waals surface area contributed by atoms with E-state index in [-0.39, 0.29) is 24.0 Å². The maximum absolute atomic E-state index is 4.81. The molecule has 0 N–H and O–H groups in total. The Kier molecular flexibility index (Phi) is 8.43. The highest BCUT2D eigenvalue weighted by Gasteiger charge is 2.27. The summed E-state index contributed by atoms with van der Waals surface area (Å²) in [5.41, 5.74) is 0.323. The third-order valence-corrected chi connectivity index (χ3v) is 5.99. The van der Waals surface area contributed by atoms with E-state index >= 15 is 0 Å². The van der Waals surface area contributed by atoms with E-state index in [1.807, 2.05) is 21.6 Å². The minimum atomic E-state index is 0. The van der Waals surface area contributed by atoms with E-state index in [1.54, 1.807) is 0 Å². The van der Waals surface area contributed by atoms with Gasteiger partial charge in [0.05, 0.1) is 0 Å². The van der Waals surface area contributed by atoms with Crippen molar-refractivity contribution in [3.63, 3.8) is 0 Å². The van der Waals surface area contributed by atoms with Crippen LogP contribution in [0.2, 0.25) is 0 Å². The van der Waals surface area contributed by atoms with Gasteiger partial charge < -0.3 is 9.80 Å². The summed E-state index contributed by atoms with van der Waals surface area (Å²) in [4.78, 5) is 12.0. The molecule has 0 aromatic rings. The molecule has 2 heterocycles. The van der Waals surface area contributed by atoms with Gasteiger partial charge in [0.15, 0.2) is 10.7 Å². The Labute approximate surface area is 142 Å². The minimum Gasteiger partial charge on any atom is -0.357 e. The van der Waals surface area contributed by atoms with Gasteiger partial charge in [-0.1, -0.05) is 6.92 Å². The highest BCUT2D eigenvalue weighted by atomic mass is 127. The molecule has 1 fully saturated rings. The summed E-state index contributed by atoms with van der Waals surface area (Å²) in [5.74, 6) is 0. The predicted molar refractivity (Wildman–Crippen MR) is 98.4 cm³/mol. The van der Waals surface area contributed by atoms with E-state index in [2.05, 4.69) is 35.7 Å². The molecular weight excluding hydrogens is 391 g/mol. The lowest BCUT2D eigenvalue weighted by Crippen LogP contribution is -2.41. The molecule has 4 nitrogen and oxygen atoms in total. The second-order valence-corrected chi connectivity index (χ2v) is 7.21. The lowest BCUT2D eigenvalue weighted by molar-refractivity contribution is 0.172. The van der Waals surface area contributed by atoms with Crippen LogP contribution in [0.25, 0.3) is 0 Å². The van der Waals surface area contributed by atoms with Crippen LogP contribution >= 0.6 is 45.6 Å². The Bertz CT molecular complexity index is 301. The molecule has 0 radical (unpaired) electrons. The fourth-order valence-electron chi connectivity index (χ4n) is 2.24. The number of aliphatic imine (C=N–C) groups is 1. The smallest absolute Gasteiger partial charge is 0.172 e. The quantitative estimate of drug-likeness (QED) is 0.509. The van der Waals surface area contributed by atoms with E-state index in [0.717, 1.165) is 11.7 Å². The van der Waals surface area contributed by atoms with Gasteiger partial charge in [-0.05, 0) is 47.5 Å². The van der Waals surface area contributed by atoms with Crippen LogP contribution < -0.4 is 0 Å². The summed E-state index contributed by atoms with van der Waals surface area (Å²) >= 11 is 0. The molecule has 7 heteroatoms. The standard InChI is InChI=1S/C12H24N4S2.HI/c1-4-15-7-5-6-8-16(10-9-15)12-13-11(14(2)3)17-18-12;/h12H,4-10H2,1-3H3;1H. The van der Waals surface area contributed by atoms with Gasteiger partial charge in [-0.15, -0.1) is 24.0 Å². The zero-order valence-electron chi connectivity index (χ0n) is 12.0. The van der Waals surface area contributed by atoms with E-state index in [1.165, 1.54) is 39.0 Å². The highest BCUT2D eigenvalue weighted by molar-refractivity contribution is 14.0. The fourth-order valence-corrected chi connectivity index (χ4v) is 4.83. The van der Waals surface area contributed by atoms with Crippen molar-refractivity contribution in [3.05, 3.63) is 0 Å². The molecule has 0 bridgehead atoms. The Morgan fingerprint density at radius 1 is 1.21 bits per heavy atom. The van der Waals surface area contributed by atoms with Gasteiger partial charge in [0.1, 0.15) is 0 Å². The normalized spacial score (nSPS) is 26.3. The molecule has 1 atom stereocenters. The number of hydrogen-bond acceptors (Lipinski definition) is 6. The molecule has 2 rings (SSSR count). The number of halogens is 1. The Morgan fingerprint density at radius 3 is 2.58 bits per heavy atom. The molecule has 0 saturated carbocycles. The number of nitrogens with zero attached hydrogens (tertiary/aromatic N) is 4. The molecule has 0 aliphatic carbocycles. The molecule has 1 unspecified atom stereocenters. The summed E-state index contributed by atoms with van der Waals surface area (Å²) in [6.45, 7) is 8.23. The van der Waals surface area contributed by atoms with Crippen LogP contribution in [0.15, 0.2) is 4.99 Å². The van der Waals surface area contributed by atoms with E-state index < -0.39 is 0 Å². The largest absolute Gasteiger partial charge is 0.357 e. The lowest BCUT2D eigenvalue weighted by atomic mass is 10.2. The van der Waals surface area contributed by atoms with Crippen molar-refractivity contribution >= 4 is 50.7 Å². The summed E-state index contributed by atoms with van der Waals surface area (Å²) in [7, 11) is 7.84. The van der Waals surface area contributed by atoms with E-state index in [0.29, 0.717) is 5.50 Å². The predicted octanol–water partition coefficient (Wildman–Crippen LogP) is 2.62. The highest BCUT2D eigenvalue weighted by Crippen LogP contribution is 2.38. The van der Waals surface area contributed by atoms with Gasteiger partial charge >= 0.3 is 0 Å². The molecule has 0 spiro atoms. The zero-order valence-corrected chi connectivity index (χ0v) is 16.0. The van der Waals surface area contributed by atoms with Gasteiger partial charge in [0.2, 0.25) is 0 Å². The van der Waals surface area contributed by atoms with Crippen molar-refractivity contribution in [1.29, 1.82) is 0 Å². The van der Waals surface area contributed by atoms with E-state index in [4.69, 9.17) is 4.99 Å². The molecule has 112 valence electrons. The molecule has 0 aromatic carbocycles. The molecule has 2 aliphatic rings. The summed E-state index contributed by atoms with van der Waals surface area (Å²) in [6, 6.07) is 0. The number of likely N-dealkylation sites (N-methyl/N-ethyl adjacent to an activating group) is 1. The first-order chi connectivity index (χ1) is 8.70. The lowest BCUT2D eigenvalue weighted by Gasteiger charge is -2.31. The SMILES string of the molecule is CCN1CCCCN(C2N=C(N(C)C)SS2)CC1.I. The first kappa shape index (κ1) is 17.9. The second kappa shape index (κ2) is 8.96. The van der Waals surface area contributed by atoms with Crippen LogP contribution in [-0.2, 0) is 0 Å². The van der Waals surface area contributed by atoms with Crippen molar-refractivity contribution in [1.82, 2.24) is 14.7 Å². The van der Waals surface area contributed by atoms with Gasteiger partial charge in [0, 0.05) is 33.7 Å². The van der Waals surface area contributed by atoms with Crippen LogP contribution in [0.3, 0.4) is 0 Å². The van der Waals surface area contributed by atoms with Gasteiger partial charge in [-0.3, -0.25) is 4.90 Å². The van der Waals surface area contributed by atoms with Crippen LogP contribution in [0.1, 0.15) is 19.8 Å². The third kappa shape index (κ3) is 5.26. The summed E-state index contributed by atoms with van der Waals surface area (Å²) in [5, 5.41) is 1.15. The number of rotatable bonds is 2. The monoisotopic (exact) mass is 416 g/mol. The average molecular weight is 416 g/mol. The average Bonchev–Trinajstić information content (AvgIpc) is 2.79. The van der Waals surface area contributed by atoms with Crippen molar-refractivity contribution in [2.24, 2.45) is 4.99 Å². The van der Waals surface area contributed by atoms with Crippen molar-refractivity contribution in [2.75, 3.05) is 46.8 Å². The maximum Gasteiger partial charge on any atom is 0.172 e. The molecule has 0 amide bonds. The number of amidine groups is 1. The Hall–Kier alpha value is 0.820. The van der Waals surface area contributed by atoms with Crippen molar-refractivity contribution < 1.29 is 0 Å². The molecular formula is C12H25IN4S2. The van der Waals surface area contributed by atoms with E-state index in [9.17, 15) is 0 Å². The zero-order chi connectivity index (χ0) is 13.0. The Morgan fingerprint density at radius 2 is 1.95 bits per heavy atom. The van der Waals surface area contributed by atoms with Gasteiger partial charge in [-0.25, -0.2) is 4.99 Å². The maximum atomic E-state index is 4.81. The molecule has 19 heavy (non-hydrogen) atoms. The van der Waals surface area contributed by atoms with Crippen molar-refractivity contribution in [2.45, 2.75) is 25.3 Å². The second-order valence-electron chi connectivity index (χ2n) is 4.99. The van der Waals surface area contributed by atoms with Crippen LogP contribution in [0.4, 0.5) is 0 Å². The Balaban J connectivity index is 0.00000180. The minimum absolute atomic E-state index is 0. The summed E-state index contributed by atoms with van der Waals surface area (Å²) in [6.07, 6.45) is 2.62. The first-order valence-electron chi connectivity index (χ1n) is 6.75. The topological polar surface area (TPSA) is 22.1 Å². The fraction of sp³-hybridized carbons (Fsp3) is 0.917. The molecule has 0 aromatic heterocycles. The van der Waals surface area contributed by atoms with Crippen LogP contribution in [0.5, 0.6) is 0 Å². The molecule has 2 aliphatic heterocycles. The van der Waals surface area contributed by atoms with Crippen LogP contribution in [-0.4, -0.2) is 72.2 Å². The van der Waals surface area contributed by atoms with Gasteiger partial charge in [-0.2, -0.15) is 0 Å². The first-order valence-corrected chi connectivity index (χ1v) is 8.97. The van der Waals surface area contributed by atoms with Crippen LogP contribution in [0, 0.1) is 0 Å². The number of hydrogen-bond donors (Lipinski definition) is 0. The van der Waals surface area contributed by atoms with Gasteiger partial charge in [0.25, 0.3) is 0 Å². The molecule has 1 saturated heterocycles. The third-order valence-electron chi connectivity index (χ3n) is 3.44.